The monoisotopic (exact) mass is 409 g/mol. The van der Waals surface area contributed by atoms with Gasteiger partial charge in [-0.25, -0.2) is 9.97 Å². The van der Waals surface area contributed by atoms with Gasteiger partial charge < -0.3 is 4.90 Å². The predicted molar refractivity (Wildman–Crippen MR) is 86.1 cm³/mol. The quantitative estimate of drug-likeness (QED) is 0.424. The molecule has 0 bridgehead atoms. The number of hydrogen-bond acceptors (Lipinski definition) is 4. The Morgan fingerprint density at radius 2 is 1.63 bits per heavy atom. The van der Waals surface area contributed by atoms with Crippen LogP contribution >= 0.6 is 11.8 Å². The Bertz CT molecular complexity index is 805. The molecule has 0 saturated heterocycles. The van der Waals surface area contributed by atoms with E-state index in [4.69, 9.17) is 0 Å². The molecule has 0 radical (unpaired) electrons. The summed E-state index contributed by atoms with van der Waals surface area (Å²) in [6, 6.07) is 1.23. The molecule has 1 aromatic carbocycles. The Balaban J connectivity index is 2.36. The van der Waals surface area contributed by atoms with Crippen LogP contribution in [0, 0.1) is 0 Å². The van der Waals surface area contributed by atoms with Crippen molar-refractivity contribution in [3.63, 3.8) is 0 Å². The maximum Gasteiger partial charge on any atom is 0.416 e. The first kappa shape index (κ1) is 21.0. The highest BCUT2D eigenvalue weighted by atomic mass is 32.2. The van der Waals surface area contributed by atoms with Crippen molar-refractivity contribution in [2.24, 2.45) is 0 Å². The van der Waals surface area contributed by atoms with E-state index in [0.29, 0.717) is 17.2 Å². The number of rotatable bonds is 4. The van der Waals surface area contributed by atoms with Gasteiger partial charge in [-0.05, 0) is 30.0 Å². The van der Waals surface area contributed by atoms with E-state index in [1.165, 1.54) is 19.6 Å². The second kappa shape index (κ2) is 7.75. The van der Waals surface area contributed by atoms with Gasteiger partial charge in [-0.15, -0.1) is 11.8 Å². The maximum absolute atomic E-state index is 12.9. The van der Waals surface area contributed by atoms with E-state index in [-0.39, 0.29) is 17.2 Å². The van der Waals surface area contributed by atoms with Crippen LogP contribution in [0.5, 0.6) is 0 Å². The number of thioether (sulfide) groups is 1. The Kier molecular flexibility index (Phi) is 6.03. The summed E-state index contributed by atoms with van der Waals surface area (Å²) in [7, 11) is 1.27. The van der Waals surface area contributed by atoms with Gasteiger partial charge >= 0.3 is 12.4 Å². The van der Waals surface area contributed by atoms with Crippen molar-refractivity contribution >= 4 is 17.7 Å². The molecule has 0 aliphatic carbocycles. The van der Waals surface area contributed by atoms with Crippen LogP contribution in [0.3, 0.4) is 0 Å². The van der Waals surface area contributed by atoms with Gasteiger partial charge in [0.2, 0.25) is 0 Å². The topological polar surface area (TPSA) is 46.1 Å². The van der Waals surface area contributed by atoms with Gasteiger partial charge in [-0.3, -0.25) is 4.79 Å². The fraction of sp³-hybridized carbons (Fsp3) is 0.312. The summed E-state index contributed by atoms with van der Waals surface area (Å²) in [6.45, 7) is -0.450. The number of benzene rings is 1. The molecule has 146 valence electrons. The first-order chi connectivity index (χ1) is 12.4. The third-order valence-corrected chi connectivity index (χ3v) is 4.23. The molecule has 0 saturated carbocycles. The van der Waals surface area contributed by atoms with Gasteiger partial charge in [0, 0.05) is 19.8 Å². The molecule has 2 aromatic rings. The van der Waals surface area contributed by atoms with E-state index in [9.17, 15) is 31.1 Å². The van der Waals surface area contributed by atoms with Crippen molar-refractivity contribution in [2.45, 2.75) is 23.9 Å². The second-order valence-electron chi connectivity index (χ2n) is 5.52. The molecular formula is C16H13F6N3OS. The Hall–Kier alpha value is -2.30. The lowest BCUT2D eigenvalue weighted by Crippen LogP contribution is -2.27. The standard InChI is InChI=1S/C16H13F6N3OS/c1-25(14(26)12-6-23-8-24-13(12)27-2)7-9-3-10(15(17,18)19)5-11(4-9)16(20,21)22/h3-6,8H,7H2,1-2H3. The minimum Gasteiger partial charge on any atom is -0.337 e. The van der Waals surface area contributed by atoms with Crippen LogP contribution in [0.15, 0.2) is 35.7 Å². The smallest absolute Gasteiger partial charge is 0.337 e. The van der Waals surface area contributed by atoms with Crippen LogP contribution in [0.1, 0.15) is 27.0 Å². The van der Waals surface area contributed by atoms with Crippen molar-refractivity contribution in [3.8, 4) is 0 Å². The number of carbonyl (C=O) groups is 1. The fourth-order valence-corrected chi connectivity index (χ4v) is 2.80. The highest BCUT2D eigenvalue weighted by molar-refractivity contribution is 7.98. The first-order valence-corrected chi connectivity index (χ1v) is 8.53. The summed E-state index contributed by atoms with van der Waals surface area (Å²) in [6.07, 6.45) is -5.76. The summed E-state index contributed by atoms with van der Waals surface area (Å²) in [5, 5.41) is 0.349. The van der Waals surface area contributed by atoms with Gasteiger partial charge in [0.1, 0.15) is 11.4 Å². The summed E-state index contributed by atoms with van der Waals surface area (Å²) in [5.41, 5.74) is -3.05. The molecule has 0 aliphatic rings. The fourth-order valence-electron chi connectivity index (χ4n) is 2.29. The first-order valence-electron chi connectivity index (χ1n) is 7.31. The molecule has 0 atom stereocenters. The van der Waals surface area contributed by atoms with Crippen molar-refractivity contribution in [3.05, 3.63) is 53.0 Å². The third-order valence-electron chi connectivity index (χ3n) is 3.51. The maximum atomic E-state index is 12.9. The SMILES string of the molecule is CSc1ncncc1C(=O)N(C)Cc1cc(C(F)(F)F)cc(C(F)(F)F)c1. The molecule has 0 N–H and O–H groups in total. The molecule has 0 unspecified atom stereocenters. The molecule has 1 aromatic heterocycles. The van der Waals surface area contributed by atoms with Crippen molar-refractivity contribution < 1.29 is 31.1 Å². The molecule has 1 heterocycles. The lowest BCUT2D eigenvalue weighted by atomic mass is 10.0. The molecule has 11 heteroatoms. The van der Waals surface area contributed by atoms with Crippen molar-refractivity contribution in [1.29, 1.82) is 0 Å². The number of nitrogens with zero attached hydrogens (tertiary/aromatic N) is 3. The summed E-state index contributed by atoms with van der Waals surface area (Å²) < 4.78 is 77.6. The number of aromatic nitrogens is 2. The largest absolute Gasteiger partial charge is 0.416 e. The van der Waals surface area contributed by atoms with Crippen LogP contribution < -0.4 is 0 Å². The van der Waals surface area contributed by atoms with Gasteiger partial charge in [0.05, 0.1) is 16.7 Å². The lowest BCUT2D eigenvalue weighted by Gasteiger charge is -2.20. The zero-order valence-corrected chi connectivity index (χ0v) is 14.8. The second-order valence-corrected chi connectivity index (χ2v) is 6.32. The number of hydrogen-bond donors (Lipinski definition) is 0. The Morgan fingerprint density at radius 3 is 2.11 bits per heavy atom. The summed E-state index contributed by atoms with van der Waals surface area (Å²) in [4.78, 5) is 21.1. The molecule has 1 amide bonds. The van der Waals surface area contributed by atoms with Crippen molar-refractivity contribution in [2.75, 3.05) is 13.3 Å². The third kappa shape index (κ3) is 5.12. The van der Waals surface area contributed by atoms with Crippen LogP contribution in [0.2, 0.25) is 0 Å². The number of halogens is 6. The van der Waals surface area contributed by atoms with Gasteiger partial charge in [0.15, 0.2) is 0 Å². The highest BCUT2D eigenvalue weighted by Crippen LogP contribution is 2.36. The Labute approximate surface area is 154 Å². The van der Waals surface area contributed by atoms with E-state index in [2.05, 4.69) is 9.97 Å². The molecule has 4 nitrogen and oxygen atoms in total. The number of carbonyl (C=O) groups excluding carboxylic acids is 1. The van der Waals surface area contributed by atoms with E-state index in [1.54, 1.807) is 6.26 Å². The zero-order valence-electron chi connectivity index (χ0n) is 14.0. The number of alkyl halides is 6. The minimum atomic E-state index is -4.95. The summed E-state index contributed by atoms with van der Waals surface area (Å²) >= 11 is 1.16. The predicted octanol–water partition coefficient (Wildman–Crippen LogP) is 4.51. The lowest BCUT2D eigenvalue weighted by molar-refractivity contribution is -0.143. The molecule has 2 rings (SSSR count). The van der Waals surface area contributed by atoms with Crippen LogP contribution in [0.25, 0.3) is 0 Å². The van der Waals surface area contributed by atoms with E-state index >= 15 is 0 Å². The van der Waals surface area contributed by atoms with E-state index < -0.39 is 35.9 Å². The highest BCUT2D eigenvalue weighted by Gasteiger charge is 2.37. The van der Waals surface area contributed by atoms with E-state index in [0.717, 1.165) is 16.7 Å². The average molecular weight is 409 g/mol. The molecule has 0 aliphatic heterocycles. The zero-order chi connectivity index (χ0) is 20.4. The van der Waals surface area contributed by atoms with Gasteiger partial charge in [-0.1, -0.05) is 0 Å². The molecular weight excluding hydrogens is 396 g/mol. The number of amides is 1. The van der Waals surface area contributed by atoms with Crippen LogP contribution in [-0.4, -0.2) is 34.1 Å². The molecule has 0 spiro atoms. The molecule has 27 heavy (non-hydrogen) atoms. The van der Waals surface area contributed by atoms with Crippen molar-refractivity contribution in [1.82, 2.24) is 14.9 Å². The van der Waals surface area contributed by atoms with Crippen LogP contribution in [-0.2, 0) is 18.9 Å². The average Bonchev–Trinajstić information content (AvgIpc) is 2.59. The van der Waals surface area contributed by atoms with Gasteiger partial charge in [0.25, 0.3) is 5.91 Å². The Morgan fingerprint density at radius 1 is 1.07 bits per heavy atom. The molecule has 0 fully saturated rings. The summed E-state index contributed by atoms with van der Waals surface area (Å²) in [5.74, 6) is -0.620. The van der Waals surface area contributed by atoms with Gasteiger partial charge in [-0.2, -0.15) is 26.3 Å². The van der Waals surface area contributed by atoms with E-state index in [1.807, 2.05) is 0 Å². The normalized spacial score (nSPS) is 12.1. The minimum absolute atomic E-state index is 0.0438. The van der Waals surface area contributed by atoms with Crippen LogP contribution in [0.4, 0.5) is 26.3 Å².